The Labute approximate surface area is 66.7 Å². The molecule has 0 atom stereocenters. The molecule has 0 aromatic rings. The third-order valence-electron chi connectivity index (χ3n) is 1.32. The maximum Gasteiger partial charge on any atom is 0.305 e. The summed E-state index contributed by atoms with van der Waals surface area (Å²) in [5.41, 5.74) is 0. The van der Waals surface area contributed by atoms with Crippen molar-refractivity contribution in [1.29, 1.82) is 0 Å². The number of carbonyl (C=O) groups is 1. The molecule has 0 fully saturated rings. The first kappa shape index (κ1) is 10.0. The van der Waals surface area contributed by atoms with Crippen LogP contribution in [0.2, 0.25) is 0 Å². The molecule has 3 heteroatoms. The summed E-state index contributed by atoms with van der Waals surface area (Å²) in [7, 11) is 1.37. The second-order valence-electron chi connectivity index (χ2n) is 2.35. The SMILES string of the molecule is C=C(O)CCCCC(=O)OC. The van der Waals surface area contributed by atoms with Gasteiger partial charge < -0.3 is 9.84 Å². The zero-order chi connectivity index (χ0) is 8.69. The van der Waals surface area contributed by atoms with Crippen LogP contribution in [0.3, 0.4) is 0 Å². The van der Waals surface area contributed by atoms with Crippen molar-refractivity contribution < 1.29 is 14.6 Å². The van der Waals surface area contributed by atoms with E-state index in [0.29, 0.717) is 12.8 Å². The average Bonchev–Trinajstić information content (AvgIpc) is 1.97. The fourth-order valence-corrected chi connectivity index (χ4v) is 0.700. The maximum absolute atomic E-state index is 10.5. The highest BCUT2D eigenvalue weighted by Crippen LogP contribution is 2.04. The van der Waals surface area contributed by atoms with E-state index in [4.69, 9.17) is 5.11 Å². The van der Waals surface area contributed by atoms with Crippen LogP contribution in [0.1, 0.15) is 25.7 Å². The minimum absolute atomic E-state index is 0.176. The van der Waals surface area contributed by atoms with Gasteiger partial charge in [-0.15, -0.1) is 0 Å². The molecule has 0 saturated carbocycles. The number of aliphatic hydroxyl groups excluding tert-OH is 1. The molecule has 3 nitrogen and oxygen atoms in total. The summed E-state index contributed by atoms with van der Waals surface area (Å²) in [5.74, 6) is -0.0246. The largest absolute Gasteiger partial charge is 0.513 e. The molecule has 0 saturated heterocycles. The van der Waals surface area contributed by atoms with Crippen molar-refractivity contribution in [2.45, 2.75) is 25.7 Å². The summed E-state index contributed by atoms with van der Waals surface area (Å²) in [4.78, 5) is 10.5. The topological polar surface area (TPSA) is 46.5 Å². The fourth-order valence-electron chi connectivity index (χ4n) is 0.700. The highest BCUT2D eigenvalue weighted by atomic mass is 16.5. The lowest BCUT2D eigenvalue weighted by Crippen LogP contribution is -1.99. The van der Waals surface area contributed by atoms with Gasteiger partial charge in [0.2, 0.25) is 0 Å². The van der Waals surface area contributed by atoms with Gasteiger partial charge in [-0.3, -0.25) is 4.79 Å². The Morgan fingerprint density at radius 2 is 2.00 bits per heavy atom. The summed E-state index contributed by atoms with van der Waals surface area (Å²) < 4.78 is 4.43. The fraction of sp³-hybridized carbons (Fsp3) is 0.625. The van der Waals surface area contributed by atoms with Crippen LogP contribution in [-0.4, -0.2) is 18.2 Å². The molecule has 0 rings (SSSR count). The van der Waals surface area contributed by atoms with Gasteiger partial charge in [-0.2, -0.15) is 0 Å². The van der Waals surface area contributed by atoms with Gasteiger partial charge in [0.1, 0.15) is 0 Å². The third-order valence-corrected chi connectivity index (χ3v) is 1.32. The van der Waals surface area contributed by atoms with Gasteiger partial charge in [0.25, 0.3) is 0 Å². The lowest BCUT2D eigenvalue weighted by molar-refractivity contribution is -0.140. The Morgan fingerprint density at radius 3 is 2.45 bits per heavy atom. The second kappa shape index (κ2) is 5.77. The quantitative estimate of drug-likeness (QED) is 0.377. The predicted molar refractivity (Wildman–Crippen MR) is 42.3 cm³/mol. The van der Waals surface area contributed by atoms with Crippen LogP contribution < -0.4 is 0 Å². The van der Waals surface area contributed by atoms with E-state index in [1.165, 1.54) is 7.11 Å². The Balaban J connectivity index is 3.14. The predicted octanol–water partition coefficient (Wildman–Crippen LogP) is 1.79. The highest BCUT2D eigenvalue weighted by Gasteiger charge is 1.98. The number of esters is 1. The first-order chi connectivity index (χ1) is 5.16. The lowest BCUT2D eigenvalue weighted by Gasteiger charge is -1.98. The molecule has 1 N–H and O–H groups in total. The van der Waals surface area contributed by atoms with Crippen LogP contribution in [0.15, 0.2) is 12.3 Å². The summed E-state index contributed by atoms with van der Waals surface area (Å²) in [6, 6.07) is 0. The molecule has 11 heavy (non-hydrogen) atoms. The Hall–Kier alpha value is -0.990. The number of allylic oxidation sites excluding steroid dienone is 1. The van der Waals surface area contributed by atoms with Crippen LogP contribution in [-0.2, 0) is 9.53 Å². The maximum atomic E-state index is 10.5. The molecule has 0 aliphatic heterocycles. The van der Waals surface area contributed by atoms with E-state index in [-0.39, 0.29) is 11.7 Å². The molecule has 0 aliphatic carbocycles. The van der Waals surface area contributed by atoms with Crippen molar-refractivity contribution in [1.82, 2.24) is 0 Å². The molecule has 0 aliphatic rings. The van der Waals surface area contributed by atoms with Gasteiger partial charge >= 0.3 is 5.97 Å². The van der Waals surface area contributed by atoms with E-state index in [1.54, 1.807) is 0 Å². The molecule has 64 valence electrons. The number of hydrogen-bond acceptors (Lipinski definition) is 3. The summed E-state index contributed by atoms with van der Waals surface area (Å²) in [6.07, 6.45) is 2.51. The minimum Gasteiger partial charge on any atom is -0.513 e. The van der Waals surface area contributed by atoms with Crippen molar-refractivity contribution in [2.75, 3.05) is 7.11 Å². The highest BCUT2D eigenvalue weighted by molar-refractivity contribution is 5.68. The van der Waals surface area contributed by atoms with Crippen LogP contribution >= 0.6 is 0 Å². The van der Waals surface area contributed by atoms with Crippen molar-refractivity contribution >= 4 is 5.97 Å². The van der Waals surface area contributed by atoms with Gasteiger partial charge in [-0.05, 0) is 12.8 Å². The van der Waals surface area contributed by atoms with Gasteiger partial charge in [-0.1, -0.05) is 6.58 Å². The average molecular weight is 158 g/mol. The number of carbonyl (C=O) groups excluding carboxylic acids is 1. The van der Waals surface area contributed by atoms with Gasteiger partial charge in [0.05, 0.1) is 12.9 Å². The Kier molecular flexibility index (Phi) is 5.25. The number of rotatable bonds is 5. The van der Waals surface area contributed by atoms with E-state index in [9.17, 15) is 4.79 Å². The van der Waals surface area contributed by atoms with E-state index < -0.39 is 0 Å². The lowest BCUT2D eigenvalue weighted by atomic mass is 10.2. The van der Waals surface area contributed by atoms with Crippen molar-refractivity contribution in [3.63, 3.8) is 0 Å². The zero-order valence-electron chi connectivity index (χ0n) is 6.80. The van der Waals surface area contributed by atoms with Crippen molar-refractivity contribution in [3.05, 3.63) is 12.3 Å². The summed E-state index contributed by atoms with van der Waals surface area (Å²) in [5, 5.41) is 8.66. The van der Waals surface area contributed by atoms with Crippen molar-refractivity contribution in [3.8, 4) is 0 Å². The normalized spacial score (nSPS) is 9.18. The van der Waals surface area contributed by atoms with Gasteiger partial charge in [-0.25, -0.2) is 0 Å². The molecule has 0 heterocycles. The number of aliphatic hydroxyl groups is 1. The third kappa shape index (κ3) is 6.90. The molecule has 0 bridgehead atoms. The molecular formula is C8H14O3. The monoisotopic (exact) mass is 158 g/mol. The molecule has 0 aromatic heterocycles. The Bertz CT molecular complexity index is 140. The first-order valence-electron chi connectivity index (χ1n) is 3.60. The smallest absolute Gasteiger partial charge is 0.305 e. The van der Waals surface area contributed by atoms with Crippen LogP contribution in [0.5, 0.6) is 0 Å². The van der Waals surface area contributed by atoms with E-state index in [2.05, 4.69) is 11.3 Å². The molecule has 0 spiro atoms. The summed E-state index contributed by atoms with van der Waals surface area (Å²) in [6.45, 7) is 3.33. The van der Waals surface area contributed by atoms with E-state index in [1.807, 2.05) is 0 Å². The molecule has 0 amide bonds. The standard InChI is InChI=1S/C8H14O3/c1-7(9)5-3-4-6-8(10)11-2/h9H,1,3-6H2,2H3. The molecule has 0 radical (unpaired) electrons. The minimum atomic E-state index is -0.200. The van der Waals surface area contributed by atoms with Crippen LogP contribution in [0.4, 0.5) is 0 Å². The molecular weight excluding hydrogens is 144 g/mol. The Morgan fingerprint density at radius 1 is 1.45 bits per heavy atom. The number of hydrogen-bond donors (Lipinski definition) is 1. The first-order valence-corrected chi connectivity index (χ1v) is 3.60. The van der Waals surface area contributed by atoms with Gasteiger partial charge in [0, 0.05) is 12.8 Å². The van der Waals surface area contributed by atoms with E-state index in [0.717, 1.165) is 12.8 Å². The summed E-state index contributed by atoms with van der Waals surface area (Å²) >= 11 is 0. The van der Waals surface area contributed by atoms with Crippen LogP contribution in [0.25, 0.3) is 0 Å². The second-order valence-corrected chi connectivity index (χ2v) is 2.35. The van der Waals surface area contributed by atoms with E-state index >= 15 is 0 Å². The molecule has 0 unspecified atom stereocenters. The van der Waals surface area contributed by atoms with Crippen LogP contribution in [0, 0.1) is 0 Å². The number of methoxy groups -OCH3 is 1. The van der Waals surface area contributed by atoms with Crippen molar-refractivity contribution in [2.24, 2.45) is 0 Å². The molecule has 0 aromatic carbocycles. The number of ether oxygens (including phenoxy) is 1. The number of unbranched alkanes of at least 4 members (excludes halogenated alkanes) is 1. The zero-order valence-corrected chi connectivity index (χ0v) is 6.80. The van der Waals surface area contributed by atoms with Gasteiger partial charge in [0.15, 0.2) is 0 Å².